The number of ether oxygens (including phenoxy) is 1. The number of aryl methyl sites for hydroxylation is 1. The molecule has 0 saturated carbocycles. The molecule has 2 nitrogen and oxygen atoms in total. The van der Waals surface area contributed by atoms with E-state index in [0.717, 1.165) is 13.0 Å². The van der Waals surface area contributed by atoms with Crippen molar-refractivity contribution in [3.05, 3.63) is 34.9 Å². The Morgan fingerprint density at radius 1 is 1.46 bits per heavy atom. The van der Waals surface area contributed by atoms with Crippen molar-refractivity contribution in [2.24, 2.45) is 0 Å². The number of rotatable bonds is 1. The first-order valence-corrected chi connectivity index (χ1v) is 4.70. The highest BCUT2D eigenvalue weighted by Gasteiger charge is 2.19. The summed E-state index contributed by atoms with van der Waals surface area (Å²) >= 11 is 0. The molecule has 1 atom stereocenters. The summed E-state index contributed by atoms with van der Waals surface area (Å²) in [7, 11) is 1.93. The van der Waals surface area contributed by atoms with E-state index in [4.69, 9.17) is 4.74 Å². The van der Waals surface area contributed by atoms with Crippen molar-refractivity contribution < 1.29 is 4.74 Å². The van der Waals surface area contributed by atoms with E-state index in [-0.39, 0.29) is 6.23 Å². The van der Waals surface area contributed by atoms with Crippen LogP contribution < -0.4 is 5.32 Å². The number of fused-ring (bicyclic) bond motifs is 1. The Kier molecular flexibility index (Phi) is 2.34. The van der Waals surface area contributed by atoms with Crippen LogP contribution in [0.3, 0.4) is 0 Å². The van der Waals surface area contributed by atoms with Gasteiger partial charge in [-0.05, 0) is 37.1 Å². The van der Waals surface area contributed by atoms with Gasteiger partial charge in [0.25, 0.3) is 0 Å². The quantitative estimate of drug-likeness (QED) is 0.706. The fraction of sp³-hybridized carbons (Fsp3) is 0.455. The Bertz CT molecular complexity index is 309. The summed E-state index contributed by atoms with van der Waals surface area (Å²) < 4.78 is 5.60. The molecule has 0 bridgehead atoms. The molecule has 13 heavy (non-hydrogen) atoms. The van der Waals surface area contributed by atoms with Crippen LogP contribution in [0, 0.1) is 6.92 Å². The van der Waals surface area contributed by atoms with Crippen LogP contribution in [-0.4, -0.2) is 13.7 Å². The van der Waals surface area contributed by atoms with E-state index < -0.39 is 0 Å². The smallest absolute Gasteiger partial charge is 0.134 e. The highest BCUT2D eigenvalue weighted by atomic mass is 16.5. The van der Waals surface area contributed by atoms with E-state index in [1.54, 1.807) is 0 Å². The van der Waals surface area contributed by atoms with Gasteiger partial charge in [0.05, 0.1) is 6.61 Å². The Balaban J connectivity index is 2.45. The number of benzene rings is 1. The highest BCUT2D eigenvalue weighted by molar-refractivity contribution is 5.37. The van der Waals surface area contributed by atoms with Crippen LogP contribution >= 0.6 is 0 Å². The zero-order valence-electron chi connectivity index (χ0n) is 8.13. The van der Waals surface area contributed by atoms with E-state index in [1.165, 1.54) is 16.7 Å². The van der Waals surface area contributed by atoms with E-state index in [1.807, 2.05) is 7.05 Å². The number of hydrogen-bond acceptors (Lipinski definition) is 2. The maximum absolute atomic E-state index is 5.60. The molecule has 0 saturated heterocycles. The largest absolute Gasteiger partial charge is 0.359 e. The average molecular weight is 177 g/mol. The van der Waals surface area contributed by atoms with Crippen molar-refractivity contribution in [2.45, 2.75) is 19.6 Å². The molecule has 70 valence electrons. The Morgan fingerprint density at radius 3 is 3.08 bits per heavy atom. The van der Waals surface area contributed by atoms with Crippen LogP contribution in [0.2, 0.25) is 0 Å². The van der Waals surface area contributed by atoms with Crippen LogP contribution in [0.25, 0.3) is 0 Å². The lowest BCUT2D eigenvalue weighted by atomic mass is 9.96. The average Bonchev–Trinajstić information content (AvgIpc) is 2.18. The van der Waals surface area contributed by atoms with Gasteiger partial charge in [0.2, 0.25) is 0 Å². The normalized spacial score (nSPS) is 21.2. The molecular weight excluding hydrogens is 162 g/mol. The van der Waals surface area contributed by atoms with Crippen LogP contribution in [0.5, 0.6) is 0 Å². The third-order valence-electron chi connectivity index (χ3n) is 2.63. The second-order valence-corrected chi connectivity index (χ2v) is 3.43. The summed E-state index contributed by atoms with van der Waals surface area (Å²) in [5.41, 5.74) is 4.13. The predicted molar refractivity (Wildman–Crippen MR) is 52.6 cm³/mol. The molecule has 1 heterocycles. The van der Waals surface area contributed by atoms with Crippen molar-refractivity contribution in [1.29, 1.82) is 0 Å². The van der Waals surface area contributed by atoms with E-state index in [0.29, 0.717) is 0 Å². The fourth-order valence-corrected chi connectivity index (χ4v) is 1.92. The summed E-state index contributed by atoms with van der Waals surface area (Å²) in [4.78, 5) is 0. The number of nitrogens with one attached hydrogen (secondary N) is 1. The summed E-state index contributed by atoms with van der Waals surface area (Å²) in [6.07, 6.45) is 1.13. The Morgan fingerprint density at radius 2 is 2.31 bits per heavy atom. The van der Waals surface area contributed by atoms with E-state index >= 15 is 0 Å². The third-order valence-corrected chi connectivity index (χ3v) is 2.63. The SMILES string of the molecule is CN[C@@H]1OCCc2c(C)cccc21. The Hall–Kier alpha value is -0.860. The molecule has 0 aromatic heterocycles. The van der Waals surface area contributed by atoms with Gasteiger partial charge < -0.3 is 4.74 Å². The molecule has 0 amide bonds. The minimum atomic E-state index is 0.0867. The number of hydrogen-bond donors (Lipinski definition) is 1. The van der Waals surface area contributed by atoms with Gasteiger partial charge in [-0.2, -0.15) is 0 Å². The van der Waals surface area contributed by atoms with Crippen molar-refractivity contribution in [2.75, 3.05) is 13.7 Å². The first kappa shape index (κ1) is 8.73. The zero-order chi connectivity index (χ0) is 9.26. The molecule has 1 aliphatic rings. The van der Waals surface area contributed by atoms with Gasteiger partial charge in [0, 0.05) is 0 Å². The molecule has 1 aromatic rings. The fourth-order valence-electron chi connectivity index (χ4n) is 1.92. The van der Waals surface area contributed by atoms with E-state index in [2.05, 4.69) is 30.4 Å². The first-order chi connectivity index (χ1) is 6.33. The molecule has 2 rings (SSSR count). The molecule has 0 fully saturated rings. The van der Waals surface area contributed by atoms with Gasteiger partial charge >= 0.3 is 0 Å². The second-order valence-electron chi connectivity index (χ2n) is 3.43. The lowest BCUT2D eigenvalue weighted by Gasteiger charge is -2.26. The van der Waals surface area contributed by atoms with Crippen LogP contribution in [0.4, 0.5) is 0 Å². The highest BCUT2D eigenvalue weighted by Crippen LogP contribution is 2.26. The van der Waals surface area contributed by atoms with Gasteiger partial charge in [-0.3, -0.25) is 5.32 Å². The maximum Gasteiger partial charge on any atom is 0.134 e. The zero-order valence-corrected chi connectivity index (χ0v) is 8.13. The molecule has 1 aliphatic heterocycles. The Labute approximate surface area is 78.9 Å². The summed E-state index contributed by atoms with van der Waals surface area (Å²) in [5.74, 6) is 0. The van der Waals surface area contributed by atoms with Crippen molar-refractivity contribution in [3.63, 3.8) is 0 Å². The van der Waals surface area contributed by atoms with Gasteiger partial charge in [0.1, 0.15) is 6.23 Å². The van der Waals surface area contributed by atoms with Crippen molar-refractivity contribution >= 4 is 0 Å². The van der Waals surface area contributed by atoms with Gasteiger partial charge in [-0.25, -0.2) is 0 Å². The lowest BCUT2D eigenvalue weighted by Crippen LogP contribution is -2.26. The molecule has 1 aromatic carbocycles. The van der Waals surface area contributed by atoms with Gasteiger partial charge in [0.15, 0.2) is 0 Å². The molecule has 0 radical (unpaired) electrons. The summed E-state index contributed by atoms with van der Waals surface area (Å²) in [6, 6.07) is 6.40. The second kappa shape index (κ2) is 3.48. The molecule has 0 aliphatic carbocycles. The topological polar surface area (TPSA) is 21.3 Å². The minimum Gasteiger partial charge on any atom is -0.359 e. The summed E-state index contributed by atoms with van der Waals surface area (Å²) in [6.45, 7) is 2.99. The maximum atomic E-state index is 5.60. The predicted octanol–water partition coefficient (Wildman–Crippen LogP) is 1.79. The van der Waals surface area contributed by atoms with Gasteiger partial charge in [-0.1, -0.05) is 18.2 Å². The lowest BCUT2D eigenvalue weighted by molar-refractivity contribution is 0.0238. The summed E-state index contributed by atoms with van der Waals surface area (Å²) in [5, 5.41) is 3.17. The molecule has 2 heteroatoms. The van der Waals surface area contributed by atoms with E-state index in [9.17, 15) is 0 Å². The van der Waals surface area contributed by atoms with Crippen LogP contribution in [0.1, 0.15) is 22.9 Å². The van der Waals surface area contributed by atoms with Gasteiger partial charge in [-0.15, -0.1) is 0 Å². The molecule has 0 spiro atoms. The van der Waals surface area contributed by atoms with Crippen LogP contribution in [0.15, 0.2) is 18.2 Å². The van der Waals surface area contributed by atoms with Crippen molar-refractivity contribution in [1.82, 2.24) is 5.32 Å². The molecular formula is C11H15NO. The van der Waals surface area contributed by atoms with Crippen molar-refractivity contribution in [3.8, 4) is 0 Å². The standard InChI is InChI=1S/C11H15NO/c1-8-4-3-5-10-9(8)6-7-13-11(10)12-2/h3-5,11-12H,6-7H2,1-2H3/t11-/m1/s1. The first-order valence-electron chi connectivity index (χ1n) is 4.70. The molecule has 0 unspecified atom stereocenters. The molecule has 1 N–H and O–H groups in total. The minimum absolute atomic E-state index is 0.0867. The monoisotopic (exact) mass is 177 g/mol. The van der Waals surface area contributed by atoms with Crippen LogP contribution in [-0.2, 0) is 11.2 Å². The third kappa shape index (κ3) is 1.47.